The van der Waals surface area contributed by atoms with E-state index in [4.69, 9.17) is 29.1 Å². The van der Waals surface area contributed by atoms with Crippen LogP contribution < -0.4 is 0 Å². The molecule has 0 spiro atoms. The van der Waals surface area contributed by atoms with Crippen molar-refractivity contribution < 1.29 is 0 Å². The molecular formula is C9H5ClN4S. The van der Waals surface area contributed by atoms with Crippen molar-refractivity contribution in [1.29, 1.82) is 5.26 Å². The summed E-state index contributed by atoms with van der Waals surface area (Å²) in [5.74, 6) is 0.667. The number of aromatic nitrogens is 3. The quantitative estimate of drug-likeness (QED) is 0.564. The predicted molar refractivity (Wildman–Crippen MR) is 59.2 cm³/mol. The molecule has 4 nitrogen and oxygen atoms in total. The van der Waals surface area contributed by atoms with Crippen LogP contribution in [0.2, 0.25) is 5.15 Å². The van der Waals surface area contributed by atoms with Crippen molar-refractivity contribution in [2.45, 2.75) is 6.92 Å². The Morgan fingerprint density at radius 1 is 1.53 bits per heavy atom. The number of aromatic amines is 1. The molecule has 2 rings (SSSR count). The van der Waals surface area contributed by atoms with Gasteiger partial charge in [-0.3, -0.25) is 0 Å². The lowest BCUT2D eigenvalue weighted by atomic mass is 10.2. The molecule has 0 amide bonds. The normalized spacial score (nSPS) is 10.2. The molecule has 0 aliphatic heterocycles. The van der Waals surface area contributed by atoms with Crippen LogP contribution >= 0.6 is 23.8 Å². The average molecular weight is 237 g/mol. The lowest BCUT2D eigenvalue weighted by Gasteiger charge is -2.01. The third-order valence-corrected chi connectivity index (χ3v) is 2.49. The second kappa shape index (κ2) is 3.57. The molecule has 0 saturated heterocycles. The first-order valence-corrected chi connectivity index (χ1v) is 4.87. The topological polar surface area (TPSA) is 65.4 Å². The molecule has 2 aromatic heterocycles. The minimum absolute atomic E-state index is 0.168. The second-order valence-electron chi connectivity index (χ2n) is 2.96. The highest BCUT2D eigenvalue weighted by atomic mass is 35.5. The molecule has 2 heterocycles. The standard InChI is InChI=1S/C9H5ClN4S/c1-4-12-8-6(9(15)13-4)2-5(3-11)7(10)14-8/h2H,1H3,(H,12,13,14,15). The van der Waals surface area contributed by atoms with Crippen LogP contribution in [0.3, 0.4) is 0 Å². The Labute approximate surface area is 95.6 Å². The van der Waals surface area contributed by atoms with Gasteiger partial charge in [-0.1, -0.05) is 23.8 Å². The number of fused-ring (bicyclic) bond motifs is 1. The number of aryl methyl sites for hydroxylation is 1. The molecule has 0 radical (unpaired) electrons. The number of rotatable bonds is 0. The molecule has 0 aliphatic carbocycles. The summed E-state index contributed by atoms with van der Waals surface area (Å²) in [5, 5.41) is 9.59. The SMILES string of the molecule is Cc1nc(=S)c2cc(C#N)c(Cl)nc2[nH]1. The zero-order valence-corrected chi connectivity index (χ0v) is 9.28. The Morgan fingerprint density at radius 2 is 2.27 bits per heavy atom. The zero-order chi connectivity index (χ0) is 11.0. The summed E-state index contributed by atoms with van der Waals surface area (Å²) in [6.45, 7) is 1.78. The maximum atomic E-state index is 8.78. The van der Waals surface area contributed by atoms with Crippen LogP contribution in [0.15, 0.2) is 6.07 Å². The Morgan fingerprint density at radius 3 is 2.93 bits per heavy atom. The van der Waals surface area contributed by atoms with Gasteiger partial charge in [-0.25, -0.2) is 9.97 Å². The van der Waals surface area contributed by atoms with Gasteiger partial charge in [0.15, 0.2) is 0 Å². The van der Waals surface area contributed by atoms with Crippen molar-refractivity contribution in [1.82, 2.24) is 15.0 Å². The fourth-order valence-electron chi connectivity index (χ4n) is 1.24. The number of hydrogen-bond donors (Lipinski definition) is 1. The molecule has 15 heavy (non-hydrogen) atoms. The van der Waals surface area contributed by atoms with E-state index >= 15 is 0 Å². The summed E-state index contributed by atoms with van der Waals surface area (Å²) in [6, 6.07) is 3.54. The van der Waals surface area contributed by atoms with Crippen LogP contribution in [0.1, 0.15) is 11.4 Å². The van der Waals surface area contributed by atoms with Crippen LogP contribution in [-0.2, 0) is 0 Å². The van der Waals surface area contributed by atoms with Gasteiger partial charge in [0.2, 0.25) is 0 Å². The highest BCUT2D eigenvalue weighted by Gasteiger charge is 2.06. The van der Waals surface area contributed by atoms with Gasteiger partial charge < -0.3 is 4.98 Å². The molecule has 1 N–H and O–H groups in total. The second-order valence-corrected chi connectivity index (χ2v) is 3.71. The molecule has 0 aliphatic rings. The van der Waals surface area contributed by atoms with Crippen LogP contribution in [-0.4, -0.2) is 15.0 Å². The minimum atomic E-state index is 0.168. The molecule has 6 heteroatoms. The number of pyridine rings is 1. The summed E-state index contributed by atoms with van der Waals surface area (Å²) in [4.78, 5) is 11.1. The van der Waals surface area contributed by atoms with Crippen molar-refractivity contribution >= 4 is 34.9 Å². The molecule has 2 aromatic rings. The zero-order valence-electron chi connectivity index (χ0n) is 7.71. The Balaban J connectivity index is 2.95. The molecule has 74 valence electrons. The highest BCUT2D eigenvalue weighted by molar-refractivity contribution is 7.71. The third-order valence-electron chi connectivity index (χ3n) is 1.90. The average Bonchev–Trinajstić information content (AvgIpc) is 2.16. The number of H-pyrrole nitrogens is 1. The fraction of sp³-hybridized carbons (Fsp3) is 0.111. The first-order chi connectivity index (χ1) is 7.11. The maximum absolute atomic E-state index is 8.78. The number of nitriles is 1. The van der Waals surface area contributed by atoms with E-state index in [2.05, 4.69) is 15.0 Å². The fourth-order valence-corrected chi connectivity index (χ4v) is 1.71. The van der Waals surface area contributed by atoms with Gasteiger partial charge in [0.05, 0.1) is 10.9 Å². The van der Waals surface area contributed by atoms with Gasteiger partial charge in [-0.15, -0.1) is 0 Å². The Bertz CT molecular complexity index is 641. The van der Waals surface area contributed by atoms with Gasteiger partial charge in [0, 0.05) is 0 Å². The Kier molecular flexibility index (Phi) is 2.39. The Hall–Kier alpha value is -1.51. The van der Waals surface area contributed by atoms with E-state index in [1.54, 1.807) is 13.0 Å². The van der Waals surface area contributed by atoms with E-state index in [-0.39, 0.29) is 5.15 Å². The molecular weight excluding hydrogens is 232 g/mol. The van der Waals surface area contributed by atoms with E-state index in [0.29, 0.717) is 27.1 Å². The van der Waals surface area contributed by atoms with E-state index in [1.807, 2.05) is 6.07 Å². The van der Waals surface area contributed by atoms with Gasteiger partial charge in [0.25, 0.3) is 0 Å². The van der Waals surface area contributed by atoms with E-state index in [0.717, 1.165) is 0 Å². The van der Waals surface area contributed by atoms with Crippen LogP contribution in [0.25, 0.3) is 11.0 Å². The number of nitrogens with zero attached hydrogens (tertiary/aromatic N) is 3. The van der Waals surface area contributed by atoms with Crippen molar-refractivity contribution in [2.24, 2.45) is 0 Å². The van der Waals surface area contributed by atoms with Gasteiger partial charge >= 0.3 is 0 Å². The highest BCUT2D eigenvalue weighted by Crippen LogP contribution is 2.18. The van der Waals surface area contributed by atoms with Crippen LogP contribution in [0.5, 0.6) is 0 Å². The van der Waals surface area contributed by atoms with E-state index in [9.17, 15) is 0 Å². The van der Waals surface area contributed by atoms with E-state index < -0.39 is 0 Å². The smallest absolute Gasteiger partial charge is 0.149 e. The van der Waals surface area contributed by atoms with Crippen molar-refractivity contribution in [3.63, 3.8) is 0 Å². The summed E-state index contributed by atoms with van der Waals surface area (Å²) >= 11 is 10.9. The third kappa shape index (κ3) is 1.69. The number of nitrogens with one attached hydrogen (secondary N) is 1. The maximum Gasteiger partial charge on any atom is 0.149 e. The summed E-state index contributed by atoms with van der Waals surface area (Å²) in [5.41, 5.74) is 0.853. The summed E-state index contributed by atoms with van der Waals surface area (Å²) in [6.07, 6.45) is 0. The molecule has 0 bridgehead atoms. The first-order valence-electron chi connectivity index (χ1n) is 4.09. The van der Waals surface area contributed by atoms with Crippen LogP contribution in [0.4, 0.5) is 0 Å². The number of halogens is 1. The van der Waals surface area contributed by atoms with Gasteiger partial charge in [-0.05, 0) is 13.0 Å². The lowest BCUT2D eigenvalue weighted by molar-refractivity contribution is 1.06. The molecule has 0 saturated carbocycles. The van der Waals surface area contributed by atoms with Gasteiger partial charge in [-0.2, -0.15) is 5.26 Å². The molecule has 0 fully saturated rings. The summed E-state index contributed by atoms with van der Waals surface area (Å²) < 4.78 is 0.418. The molecule has 0 unspecified atom stereocenters. The molecule has 0 atom stereocenters. The van der Waals surface area contributed by atoms with Crippen LogP contribution in [0, 0.1) is 22.9 Å². The minimum Gasteiger partial charge on any atom is -0.328 e. The summed E-state index contributed by atoms with van der Waals surface area (Å²) in [7, 11) is 0. The predicted octanol–water partition coefficient (Wildman–Crippen LogP) is 2.52. The van der Waals surface area contributed by atoms with Crippen molar-refractivity contribution in [3.8, 4) is 6.07 Å². The van der Waals surface area contributed by atoms with Crippen molar-refractivity contribution in [3.05, 3.63) is 27.2 Å². The largest absolute Gasteiger partial charge is 0.328 e. The number of hydrogen-bond acceptors (Lipinski definition) is 4. The van der Waals surface area contributed by atoms with E-state index in [1.165, 1.54) is 0 Å². The van der Waals surface area contributed by atoms with Crippen molar-refractivity contribution in [2.75, 3.05) is 0 Å². The van der Waals surface area contributed by atoms with Gasteiger partial charge in [0.1, 0.15) is 27.3 Å². The lowest BCUT2D eigenvalue weighted by Crippen LogP contribution is -1.94. The first kappa shape index (κ1) is 10.0. The molecule has 0 aromatic carbocycles. The monoisotopic (exact) mass is 236 g/mol.